The first kappa shape index (κ1) is 15.5. The van der Waals surface area contributed by atoms with Crippen molar-refractivity contribution in [3.05, 3.63) is 57.7 Å². The quantitative estimate of drug-likeness (QED) is 0.902. The third-order valence-corrected chi connectivity index (χ3v) is 4.41. The second-order valence-corrected chi connectivity index (χ2v) is 7.09. The van der Waals surface area contributed by atoms with Crippen LogP contribution in [0.4, 0.5) is 5.82 Å². The van der Waals surface area contributed by atoms with Gasteiger partial charge >= 0.3 is 0 Å². The lowest BCUT2D eigenvalue weighted by Crippen LogP contribution is -2.17. The molecule has 0 aliphatic carbocycles. The molecule has 1 aromatic heterocycles. The first-order valence-corrected chi connectivity index (χ1v) is 8.46. The summed E-state index contributed by atoms with van der Waals surface area (Å²) < 4.78 is 27.6. The van der Waals surface area contributed by atoms with Gasteiger partial charge in [-0.25, -0.2) is 13.4 Å². The van der Waals surface area contributed by atoms with Crippen LogP contribution in [0.1, 0.15) is 16.7 Å². The standard InChI is InChI=1S/C14H12BrN3O2S/c1-10-6-13(15)8-17-14(10)18-21(19,20)9-12-5-3-2-4-11(12)7-16/h2-6,8H,9H2,1H3,(H,17,18). The number of nitrogens with zero attached hydrogens (tertiary/aromatic N) is 2. The van der Waals surface area contributed by atoms with Crippen molar-refractivity contribution >= 4 is 31.8 Å². The summed E-state index contributed by atoms with van der Waals surface area (Å²) in [7, 11) is -3.63. The Morgan fingerprint density at radius 1 is 1.38 bits per heavy atom. The van der Waals surface area contributed by atoms with E-state index in [1.165, 1.54) is 6.20 Å². The van der Waals surface area contributed by atoms with Crippen LogP contribution < -0.4 is 4.72 Å². The summed E-state index contributed by atoms with van der Waals surface area (Å²) in [5, 5.41) is 9.00. The van der Waals surface area contributed by atoms with Crippen molar-refractivity contribution in [3.63, 3.8) is 0 Å². The van der Waals surface area contributed by atoms with Crippen molar-refractivity contribution in [2.45, 2.75) is 12.7 Å². The van der Waals surface area contributed by atoms with Crippen molar-refractivity contribution in [3.8, 4) is 6.07 Å². The molecule has 1 heterocycles. The predicted molar refractivity (Wildman–Crippen MR) is 84.1 cm³/mol. The minimum absolute atomic E-state index is 0.270. The Hall–Kier alpha value is -1.91. The van der Waals surface area contributed by atoms with Crippen LogP contribution in [0, 0.1) is 18.3 Å². The van der Waals surface area contributed by atoms with Gasteiger partial charge in [-0.1, -0.05) is 18.2 Å². The molecule has 0 bridgehead atoms. The molecule has 2 rings (SSSR count). The summed E-state index contributed by atoms with van der Waals surface area (Å²) in [4.78, 5) is 4.05. The van der Waals surface area contributed by atoms with E-state index in [0.29, 0.717) is 16.7 Å². The van der Waals surface area contributed by atoms with Gasteiger partial charge in [0.1, 0.15) is 5.82 Å². The van der Waals surface area contributed by atoms with E-state index in [-0.39, 0.29) is 11.6 Å². The Morgan fingerprint density at radius 2 is 2.10 bits per heavy atom. The van der Waals surface area contributed by atoms with Gasteiger partial charge in [0.15, 0.2) is 0 Å². The number of aromatic nitrogens is 1. The summed E-state index contributed by atoms with van der Waals surface area (Å²) in [6.45, 7) is 1.76. The van der Waals surface area contributed by atoms with Gasteiger partial charge in [0.05, 0.1) is 17.4 Å². The lowest BCUT2D eigenvalue weighted by Gasteiger charge is -2.10. The smallest absolute Gasteiger partial charge is 0.238 e. The van der Waals surface area contributed by atoms with Gasteiger partial charge in [0.2, 0.25) is 10.0 Å². The molecular formula is C14H12BrN3O2S. The Morgan fingerprint density at radius 3 is 2.76 bits per heavy atom. The van der Waals surface area contributed by atoms with Crippen molar-refractivity contribution < 1.29 is 8.42 Å². The Labute approximate surface area is 131 Å². The summed E-state index contributed by atoms with van der Waals surface area (Å²) >= 11 is 3.27. The van der Waals surface area contributed by atoms with Crippen LogP contribution in [0.3, 0.4) is 0 Å². The first-order valence-electron chi connectivity index (χ1n) is 6.02. The van der Waals surface area contributed by atoms with Crippen molar-refractivity contribution in [1.29, 1.82) is 5.26 Å². The summed E-state index contributed by atoms with van der Waals surface area (Å²) in [6.07, 6.45) is 1.52. The zero-order chi connectivity index (χ0) is 15.5. The van der Waals surface area contributed by atoms with Crippen LogP contribution in [-0.2, 0) is 15.8 Å². The second kappa shape index (κ2) is 6.24. The monoisotopic (exact) mass is 365 g/mol. The molecule has 0 aliphatic rings. The van der Waals surface area contributed by atoms with Gasteiger partial charge in [-0.15, -0.1) is 0 Å². The van der Waals surface area contributed by atoms with E-state index in [4.69, 9.17) is 5.26 Å². The van der Waals surface area contributed by atoms with Gasteiger partial charge in [-0.2, -0.15) is 5.26 Å². The van der Waals surface area contributed by atoms with Crippen molar-refractivity contribution in [2.24, 2.45) is 0 Å². The molecule has 0 aliphatic heterocycles. The van der Waals surface area contributed by atoms with Crippen LogP contribution >= 0.6 is 15.9 Å². The molecule has 0 radical (unpaired) electrons. The number of rotatable bonds is 4. The maximum atomic E-state index is 12.2. The van der Waals surface area contributed by atoms with E-state index in [1.807, 2.05) is 6.07 Å². The lowest BCUT2D eigenvalue weighted by molar-refractivity contribution is 0.600. The third-order valence-electron chi connectivity index (χ3n) is 2.78. The number of anilines is 1. The molecule has 0 fully saturated rings. The molecular weight excluding hydrogens is 354 g/mol. The number of nitrogens with one attached hydrogen (secondary N) is 1. The van der Waals surface area contributed by atoms with Crippen molar-refractivity contribution in [1.82, 2.24) is 4.98 Å². The molecule has 0 saturated heterocycles. The minimum atomic E-state index is -3.63. The van der Waals surface area contributed by atoms with E-state index < -0.39 is 10.0 Å². The maximum Gasteiger partial charge on any atom is 0.238 e. The highest BCUT2D eigenvalue weighted by Gasteiger charge is 2.16. The highest BCUT2D eigenvalue weighted by atomic mass is 79.9. The number of sulfonamides is 1. The molecule has 5 nitrogen and oxygen atoms in total. The van der Waals surface area contributed by atoms with Gasteiger partial charge < -0.3 is 0 Å². The Bertz CT molecular complexity index is 813. The number of aryl methyl sites for hydroxylation is 1. The molecule has 7 heteroatoms. The van der Waals surface area contributed by atoms with E-state index in [0.717, 1.165) is 4.47 Å². The van der Waals surface area contributed by atoms with Crippen LogP contribution in [0.5, 0.6) is 0 Å². The van der Waals surface area contributed by atoms with E-state index >= 15 is 0 Å². The van der Waals surface area contributed by atoms with Gasteiger partial charge in [0.25, 0.3) is 0 Å². The van der Waals surface area contributed by atoms with Crippen LogP contribution in [0.15, 0.2) is 41.0 Å². The summed E-state index contributed by atoms with van der Waals surface area (Å²) in [6, 6.07) is 10.4. The number of halogens is 1. The normalized spacial score (nSPS) is 10.9. The molecule has 0 atom stereocenters. The first-order chi connectivity index (χ1) is 9.91. The van der Waals surface area contributed by atoms with E-state index in [1.54, 1.807) is 37.3 Å². The molecule has 0 unspecified atom stereocenters. The zero-order valence-corrected chi connectivity index (χ0v) is 13.6. The Kier molecular flexibility index (Phi) is 4.60. The molecule has 108 valence electrons. The van der Waals surface area contributed by atoms with Crippen LogP contribution in [0.25, 0.3) is 0 Å². The minimum Gasteiger partial charge on any atom is -0.267 e. The van der Waals surface area contributed by atoms with Gasteiger partial charge in [0, 0.05) is 10.7 Å². The number of nitriles is 1. The van der Waals surface area contributed by atoms with E-state index in [2.05, 4.69) is 25.6 Å². The van der Waals surface area contributed by atoms with E-state index in [9.17, 15) is 8.42 Å². The number of hydrogen-bond acceptors (Lipinski definition) is 4. The molecule has 2 aromatic rings. The van der Waals surface area contributed by atoms with Crippen LogP contribution in [0.2, 0.25) is 0 Å². The highest BCUT2D eigenvalue weighted by molar-refractivity contribution is 9.10. The topological polar surface area (TPSA) is 82.8 Å². The lowest BCUT2D eigenvalue weighted by atomic mass is 10.1. The summed E-state index contributed by atoms with van der Waals surface area (Å²) in [5.41, 5.74) is 1.52. The van der Waals surface area contributed by atoms with Crippen LogP contribution in [-0.4, -0.2) is 13.4 Å². The molecule has 1 aromatic carbocycles. The molecule has 1 N–H and O–H groups in total. The maximum absolute atomic E-state index is 12.2. The zero-order valence-electron chi connectivity index (χ0n) is 11.2. The van der Waals surface area contributed by atoms with Gasteiger partial charge in [-0.05, 0) is 46.1 Å². The number of hydrogen-bond donors (Lipinski definition) is 1. The van der Waals surface area contributed by atoms with Gasteiger partial charge in [-0.3, -0.25) is 4.72 Å². The highest BCUT2D eigenvalue weighted by Crippen LogP contribution is 2.19. The largest absolute Gasteiger partial charge is 0.267 e. The second-order valence-electron chi connectivity index (χ2n) is 4.45. The fourth-order valence-corrected chi connectivity index (χ4v) is 3.48. The SMILES string of the molecule is Cc1cc(Br)cnc1NS(=O)(=O)Cc1ccccc1C#N. The molecule has 0 amide bonds. The van der Waals surface area contributed by atoms with Crippen molar-refractivity contribution in [2.75, 3.05) is 4.72 Å². The number of pyridine rings is 1. The number of benzene rings is 1. The molecule has 0 saturated carbocycles. The third kappa shape index (κ3) is 4.03. The summed E-state index contributed by atoms with van der Waals surface area (Å²) in [5.74, 6) is 0.0149. The Balaban J connectivity index is 2.25. The molecule has 0 spiro atoms. The fraction of sp³-hybridized carbons (Fsp3) is 0.143. The average molecular weight is 366 g/mol. The fourth-order valence-electron chi connectivity index (χ4n) is 1.79. The average Bonchev–Trinajstić information content (AvgIpc) is 2.42. The molecule has 21 heavy (non-hydrogen) atoms. The predicted octanol–water partition coefficient (Wildman–Crippen LogP) is 2.97.